The lowest BCUT2D eigenvalue weighted by atomic mass is 9.78. The number of ketones is 1. The Hall–Kier alpha value is -3.73. The molecular formula is C36H40N2O2. The summed E-state index contributed by atoms with van der Waals surface area (Å²) in [6, 6.07) is 35.8. The van der Waals surface area contributed by atoms with Crippen LogP contribution < -0.4 is 4.90 Å². The first-order valence-electron chi connectivity index (χ1n) is 14.4. The van der Waals surface area contributed by atoms with Crippen LogP contribution in [0.4, 0.5) is 5.69 Å². The number of carbonyl (C=O) groups excluding carboxylic acids is 1. The second-order valence-corrected chi connectivity index (χ2v) is 10.9. The average Bonchev–Trinajstić information content (AvgIpc) is 3.01. The highest BCUT2D eigenvalue weighted by molar-refractivity contribution is 6.03. The SMILES string of the molecule is CCC(Cc1ccccc1-c1ccccc1)(C(=O)c1ccc(Cc2ccccc2N2CCOCC2)cc1)N(C)C. The molecule has 0 bridgehead atoms. The van der Waals surface area contributed by atoms with Gasteiger partial charge in [-0.25, -0.2) is 0 Å². The normalized spacial score (nSPS) is 15.2. The van der Waals surface area contributed by atoms with E-state index in [0.717, 1.165) is 44.7 Å². The topological polar surface area (TPSA) is 32.8 Å². The number of ether oxygens (including phenoxy) is 1. The van der Waals surface area contributed by atoms with Gasteiger partial charge in [0, 0.05) is 24.3 Å². The third-order valence-electron chi connectivity index (χ3n) is 8.40. The van der Waals surface area contributed by atoms with Gasteiger partial charge >= 0.3 is 0 Å². The molecule has 1 fully saturated rings. The minimum Gasteiger partial charge on any atom is -0.378 e. The summed E-state index contributed by atoms with van der Waals surface area (Å²) in [5.74, 6) is 0.170. The van der Waals surface area contributed by atoms with Crippen LogP contribution in [0, 0.1) is 0 Å². The van der Waals surface area contributed by atoms with Gasteiger partial charge in [0.15, 0.2) is 5.78 Å². The Morgan fingerprint density at radius 2 is 1.43 bits per heavy atom. The fourth-order valence-electron chi connectivity index (χ4n) is 5.97. The zero-order chi connectivity index (χ0) is 28.0. The van der Waals surface area contributed by atoms with Crippen LogP contribution in [0.5, 0.6) is 0 Å². The van der Waals surface area contributed by atoms with Gasteiger partial charge in [-0.2, -0.15) is 0 Å². The van der Waals surface area contributed by atoms with Crippen molar-refractivity contribution in [1.29, 1.82) is 0 Å². The maximum atomic E-state index is 14.3. The second-order valence-electron chi connectivity index (χ2n) is 10.9. The van der Waals surface area contributed by atoms with Gasteiger partial charge in [0.1, 0.15) is 0 Å². The molecule has 4 aromatic carbocycles. The van der Waals surface area contributed by atoms with Crippen LogP contribution in [0.15, 0.2) is 103 Å². The van der Waals surface area contributed by atoms with Crippen LogP contribution in [0.2, 0.25) is 0 Å². The average molecular weight is 533 g/mol. The maximum absolute atomic E-state index is 14.3. The molecule has 1 heterocycles. The van der Waals surface area contributed by atoms with Gasteiger partial charge in [-0.15, -0.1) is 0 Å². The van der Waals surface area contributed by atoms with Crippen molar-refractivity contribution in [2.75, 3.05) is 45.3 Å². The van der Waals surface area contributed by atoms with Crippen LogP contribution >= 0.6 is 0 Å². The molecule has 1 unspecified atom stereocenters. The molecule has 4 aromatic rings. The van der Waals surface area contributed by atoms with Gasteiger partial charge < -0.3 is 9.64 Å². The number of hydrogen-bond donors (Lipinski definition) is 0. The van der Waals surface area contributed by atoms with Gasteiger partial charge in [-0.05, 0) is 67.2 Å². The van der Waals surface area contributed by atoms with Crippen molar-refractivity contribution < 1.29 is 9.53 Å². The lowest BCUT2D eigenvalue weighted by Crippen LogP contribution is -2.52. The molecule has 0 aliphatic carbocycles. The van der Waals surface area contributed by atoms with Crippen molar-refractivity contribution >= 4 is 11.5 Å². The van der Waals surface area contributed by atoms with Crippen molar-refractivity contribution in [3.8, 4) is 11.1 Å². The van der Waals surface area contributed by atoms with Crippen molar-refractivity contribution in [3.05, 3.63) is 125 Å². The monoisotopic (exact) mass is 532 g/mol. The van der Waals surface area contributed by atoms with Gasteiger partial charge in [0.25, 0.3) is 0 Å². The zero-order valence-electron chi connectivity index (χ0n) is 24.0. The number of likely N-dealkylation sites (N-methyl/N-ethyl adjacent to an activating group) is 1. The molecule has 4 nitrogen and oxygen atoms in total. The van der Waals surface area contributed by atoms with E-state index in [2.05, 4.69) is 102 Å². The van der Waals surface area contributed by atoms with E-state index >= 15 is 0 Å². The summed E-state index contributed by atoms with van der Waals surface area (Å²) in [5.41, 5.74) is 7.46. The molecule has 0 amide bonds. The van der Waals surface area contributed by atoms with Gasteiger partial charge in [-0.1, -0.05) is 104 Å². The number of rotatable bonds is 10. The van der Waals surface area contributed by atoms with Gasteiger partial charge in [0.2, 0.25) is 0 Å². The minimum atomic E-state index is -0.644. The lowest BCUT2D eigenvalue weighted by Gasteiger charge is -2.38. The summed E-state index contributed by atoms with van der Waals surface area (Å²) in [6.07, 6.45) is 2.20. The van der Waals surface area contributed by atoms with Crippen LogP contribution in [-0.4, -0.2) is 56.6 Å². The predicted octanol–water partition coefficient (Wildman–Crippen LogP) is 6.92. The molecule has 4 heteroatoms. The summed E-state index contributed by atoms with van der Waals surface area (Å²) in [6.45, 7) is 5.50. The molecule has 5 rings (SSSR count). The molecule has 40 heavy (non-hydrogen) atoms. The maximum Gasteiger partial charge on any atom is 0.183 e. The number of carbonyl (C=O) groups is 1. The third-order valence-corrected chi connectivity index (χ3v) is 8.40. The molecule has 0 saturated carbocycles. The second kappa shape index (κ2) is 12.6. The minimum absolute atomic E-state index is 0.170. The number of para-hydroxylation sites is 1. The molecule has 1 saturated heterocycles. The Kier molecular flexibility index (Phi) is 8.78. The Bertz CT molecular complexity index is 1410. The first-order valence-corrected chi connectivity index (χ1v) is 14.4. The highest BCUT2D eigenvalue weighted by Crippen LogP contribution is 2.33. The largest absolute Gasteiger partial charge is 0.378 e. The van der Waals surface area contributed by atoms with Crippen molar-refractivity contribution in [2.45, 2.75) is 31.7 Å². The van der Waals surface area contributed by atoms with E-state index in [0.29, 0.717) is 6.42 Å². The van der Waals surface area contributed by atoms with Crippen LogP contribution in [0.25, 0.3) is 11.1 Å². The molecule has 206 valence electrons. The quantitative estimate of drug-likeness (QED) is 0.208. The molecular weight excluding hydrogens is 492 g/mol. The van der Waals surface area contributed by atoms with E-state index in [1.165, 1.54) is 33.5 Å². The van der Waals surface area contributed by atoms with E-state index in [-0.39, 0.29) is 5.78 Å². The number of hydrogen-bond acceptors (Lipinski definition) is 4. The third kappa shape index (κ3) is 5.89. The molecule has 0 radical (unpaired) electrons. The van der Waals surface area contributed by atoms with E-state index < -0.39 is 5.54 Å². The molecule has 1 atom stereocenters. The van der Waals surface area contributed by atoms with Crippen LogP contribution in [-0.2, 0) is 17.6 Å². The Balaban J connectivity index is 1.40. The van der Waals surface area contributed by atoms with E-state index in [1.807, 2.05) is 32.3 Å². The lowest BCUT2D eigenvalue weighted by molar-refractivity contribution is 0.0666. The predicted molar refractivity (Wildman–Crippen MR) is 165 cm³/mol. The molecule has 0 N–H and O–H groups in total. The van der Waals surface area contributed by atoms with Gasteiger partial charge in [-0.3, -0.25) is 9.69 Å². The van der Waals surface area contributed by atoms with Gasteiger partial charge in [0.05, 0.1) is 18.8 Å². The fraction of sp³-hybridized carbons (Fsp3) is 0.306. The number of Topliss-reactive ketones (excluding diaryl/α,β-unsaturated/α-hetero) is 1. The van der Waals surface area contributed by atoms with E-state index in [9.17, 15) is 4.79 Å². The first kappa shape index (κ1) is 27.8. The number of benzene rings is 4. The molecule has 1 aliphatic heterocycles. The number of morpholine rings is 1. The summed E-state index contributed by atoms with van der Waals surface area (Å²) in [4.78, 5) is 18.8. The smallest absolute Gasteiger partial charge is 0.183 e. The fourth-order valence-corrected chi connectivity index (χ4v) is 5.97. The standard InChI is InChI=1S/C36H40N2O2/c1-4-36(37(2)3,27-32-15-8-10-16-33(32)29-12-6-5-7-13-29)35(39)30-20-18-28(19-21-30)26-31-14-9-11-17-34(31)38-22-24-40-25-23-38/h5-21H,4,22-27H2,1-3H3. The van der Waals surface area contributed by atoms with Crippen LogP contribution in [0.1, 0.15) is 40.4 Å². The highest BCUT2D eigenvalue weighted by Gasteiger charge is 2.40. The summed E-state index contributed by atoms with van der Waals surface area (Å²) < 4.78 is 5.56. The molecule has 1 aliphatic rings. The Morgan fingerprint density at radius 1 is 0.800 bits per heavy atom. The zero-order valence-corrected chi connectivity index (χ0v) is 24.0. The Morgan fingerprint density at radius 3 is 2.10 bits per heavy atom. The van der Waals surface area contributed by atoms with Crippen LogP contribution in [0.3, 0.4) is 0 Å². The van der Waals surface area contributed by atoms with Crippen molar-refractivity contribution in [2.24, 2.45) is 0 Å². The first-order chi connectivity index (χ1) is 19.5. The van der Waals surface area contributed by atoms with E-state index in [4.69, 9.17) is 4.74 Å². The number of anilines is 1. The van der Waals surface area contributed by atoms with Crippen molar-refractivity contribution in [1.82, 2.24) is 4.90 Å². The molecule has 0 spiro atoms. The highest BCUT2D eigenvalue weighted by atomic mass is 16.5. The number of nitrogens with zero attached hydrogens (tertiary/aromatic N) is 2. The van der Waals surface area contributed by atoms with E-state index in [1.54, 1.807) is 0 Å². The van der Waals surface area contributed by atoms with Crippen molar-refractivity contribution in [3.63, 3.8) is 0 Å². The Labute approximate surface area is 239 Å². The summed E-state index contributed by atoms with van der Waals surface area (Å²) in [5, 5.41) is 0. The summed E-state index contributed by atoms with van der Waals surface area (Å²) >= 11 is 0. The molecule has 0 aromatic heterocycles. The summed E-state index contributed by atoms with van der Waals surface area (Å²) in [7, 11) is 4.06.